The Hall–Kier alpha value is -1.09. The fraction of sp³-hybridized carbons (Fsp3) is 0.333. The zero-order valence-electron chi connectivity index (χ0n) is 12.9. The van der Waals surface area contributed by atoms with Crippen LogP contribution < -0.4 is 5.32 Å². The predicted molar refractivity (Wildman–Crippen MR) is 99.3 cm³/mol. The van der Waals surface area contributed by atoms with Gasteiger partial charge in [0.05, 0.1) is 34.0 Å². The molecular formula is C15H14Cl3N3O3S. The average Bonchev–Trinajstić information content (AvgIpc) is 3.01. The second-order valence-corrected chi connectivity index (χ2v) is 7.41. The quantitative estimate of drug-likeness (QED) is 0.731. The lowest BCUT2D eigenvalue weighted by Crippen LogP contribution is -2.35. The number of benzene rings is 1. The van der Waals surface area contributed by atoms with Crippen LogP contribution in [0.5, 0.6) is 5.75 Å². The number of phenolic OH excluding ortho intramolecular Hbond substituents is 1. The van der Waals surface area contributed by atoms with Crippen LogP contribution in [0.4, 0.5) is 5.13 Å². The van der Waals surface area contributed by atoms with E-state index >= 15 is 0 Å². The molecule has 2 aromatic rings. The lowest BCUT2D eigenvalue weighted by atomic mass is 10.2. The van der Waals surface area contributed by atoms with Crippen LogP contribution in [0.25, 0.3) is 0 Å². The Kier molecular flexibility index (Phi) is 6.04. The number of anilines is 1. The molecule has 0 radical (unpaired) electrons. The normalized spacial score (nSPS) is 15.3. The fourth-order valence-electron chi connectivity index (χ4n) is 2.38. The Labute approximate surface area is 163 Å². The first-order valence-corrected chi connectivity index (χ1v) is 9.39. The summed E-state index contributed by atoms with van der Waals surface area (Å²) >= 11 is 19.1. The number of thiazole rings is 1. The Morgan fingerprint density at radius 3 is 2.76 bits per heavy atom. The number of hydrogen-bond donors (Lipinski definition) is 2. The number of morpholine rings is 1. The molecule has 1 aliphatic heterocycles. The van der Waals surface area contributed by atoms with Crippen LogP contribution in [0.1, 0.15) is 16.1 Å². The Balaban J connectivity index is 1.72. The molecule has 0 spiro atoms. The number of aromatic nitrogens is 1. The molecule has 134 valence electrons. The summed E-state index contributed by atoms with van der Waals surface area (Å²) < 4.78 is 5.31. The van der Waals surface area contributed by atoms with Gasteiger partial charge < -0.3 is 9.84 Å². The minimum Gasteiger partial charge on any atom is -0.505 e. The molecule has 1 aromatic carbocycles. The van der Waals surface area contributed by atoms with E-state index in [0.29, 0.717) is 24.9 Å². The highest BCUT2D eigenvalue weighted by atomic mass is 35.5. The van der Waals surface area contributed by atoms with Crippen molar-refractivity contribution in [1.29, 1.82) is 0 Å². The predicted octanol–water partition coefficient (Wildman–Crippen LogP) is 3.89. The summed E-state index contributed by atoms with van der Waals surface area (Å²) in [5, 5.41) is 14.9. The second kappa shape index (κ2) is 8.07. The molecule has 1 aromatic heterocycles. The van der Waals surface area contributed by atoms with Crippen molar-refractivity contribution in [1.82, 2.24) is 9.88 Å². The van der Waals surface area contributed by atoms with Crippen LogP contribution in [-0.2, 0) is 11.3 Å². The average molecular weight is 423 g/mol. The summed E-state index contributed by atoms with van der Waals surface area (Å²) in [5.74, 6) is -1.04. The molecule has 10 heteroatoms. The Morgan fingerprint density at radius 1 is 1.32 bits per heavy atom. The van der Waals surface area contributed by atoms with Gasteiger partial charge in [0.2, 0.25) is 0 Å². The molecule has 25 heavy (non-hydrogen) atoms. The van der Waals surface area contributed by atoms with Gasteiger partial charge in [0.25, 0.3) is 5.91 Å². The van der Waals surface area contributed by atoms with Crippen LogP contribution in [0.2, 0.25) is 15.1 Å². The molecule has 1 amide bonds. The largest absolute Gasteiger partial charge is 0.505 e. The Morgan fingerprint density at radius 2 is 2.04 bits per heavy atom. The van der Waals surface area contributed by atoms with Crippen molar-refractivity contribution in [2.24, 2.45) is 0 Å². The van der Waals surface area contributed by atoms with Gasteiger partial charge >= 0.3 is 0 Å². The van der Waals surface area contributed by atoms with Crippen LogP contribution in [-0.4, -0.2) is 47.2 Å². The van der Waals surface area contributed by atoms with Crippen molar-refractivity contribution in [3.63, 3.8) is 0 Å². The number of carbonyl (C=O) groups excluding carboxylic acids is 1. The van der Waals surface area contributed by atoms with Gasteiger partial charge in [-0.15, -0.1) is 11.3 Å². The Bertz CT molecular complexity index is 768. The maximum absolute atomic E-state index is 12.4. The van der Waals surface area contributed by atoms with Gasteiger partial charge in [0, 0.05) is 25.0 Å². The van der Waals surface area contributed by atoms with Crippen LogP contribution in [0.15, 0.2) is 11.4 Å². The number of aromatic hydroxyl groups is 1. The van der Waals surface area contributed by atoms with E-state index in [1.807, 2.05) is 5.38 Å². The van der Waals surface area contributed by atoms with Gasteiger partial charge in [-0.2, -0.15) is 0 Å². The van der Waals surface area contributed by atoms with Gasteiger partial charge in [-0.3, -0.25) is 15.0 Å². The zero-order chi connectivity index (χ0) is 18.0. The summed E-state index contributed by atoms with van der Waals surface area (Å²) in [7, 11) is 0. The lowest BCUT2D eigenvalue weighted by molar-refractivity contribution is 0.0337. The van der Waals surface area contributed by atoms with Crippen molar-refractivity contribution in [2.75, 3.05) is 31.6 Å². The van der Waals surface area contributed by atoms with Gasteiger partial charge in [-0.25, -0.2) is 4.98 Å². The number of nitrogens with one attached hydrogen (secondary N) is 1. The first kappa shape index (κ1) is 18.7. The van der Waals surface area contributed by atoms with E-state index in [-0.39, 0.29) is 20.6 Å². The van der Waals surface area contributed by atoms with Crippen LogP contribution >= 0.6 is 46.1 Å². The van der Waals surface area contributed by atoms with Crippen LogP contribution in [0, 0.1) is 0 Å². The second-order valence-electron chi connectivity index (χ2n) is 5.36. The molecule has 0 unspecified atom stereocenters. The summed E-state index contributed by atoms with van der Waals surface area (Å²) in [6.07, 6.45) is 0. The molecule has 2 N–H and O–H groups in total. The minimum absolute atomic E-state index is 0.0494. The number of nitrogens with zero attached hydrogens (tertiary/aromatic N) is 2. The number of halogens is 3. The SMILES string of the molecule is O=C(Nc1nc(CN2CCOCC2)cs1)c1c(O)c(Cl)cc(Cl)c1Cl. The summed E-state index contributed by atoms with van der Waals surface area (Å²) in [5.41, 5.74) is 0.672. The van der Waals surface area contributed by atoms with E-state index in [4.69, 9.17) is 39.5 Å². The number of amides is 1. The molecule has 1 aliphatic rings. The molecule has 1 fully saturated rings. The van der Waals surface area contributed by atoms with E-state index in [0.717, 1.165) is 18.8 Å². The molecule has 0 saturated carbocycles. The number of hydrogen-bond acceptors (Lipinski definition) is 6. The van der Waals surface area contributed by atoms with E-state index in [1.165, 1.54) is 17.4 Å². The smallest absolute Gasteiger partial charge is 0.262 e. The van der Waals surface area contributed by atoms with Gasteiger partial charge in [0.15, 0.2) is 5.13 Å². The third-order valence-electron chi connectivity index (χ3n) is 3.63. The summed E-state index contributed by atoms with van der Waals surface area (Å²) in [6, 6.07) is 1.28. The topological polar surface area (TPSA) is 74.7 Å². The highest BCUT2D eigenvalue weighted by Crippen LogP contribution is 2.38. The molecule has 6 nitrogen and oxygen atoms in total. The van der Waals surface area contributed by atoms with Gasteiger partial charge in [0.1, 0.15) is 11.3 Å². The van der Waals surface area contributed by atoms with Crippen LogP contribution in [0.3, 0.4) is 0 Å². The fourth-order valence-corrected chi connectivity index (χ4v) is 3.77. The first-order chi connectivity index (χ1) is 12.0. The number of phenols is 1. The first-order valence-electron chi connectivity index (χ1n) is 7.38. The van der Waals surface area contributed by atoms with Crippen molar-refractivity contribution < 1.29 is 14.6 Å². The standard InChI is InChI=1S/C15H14Cl3N3O3S/c16-9-5-10(17)13(22)11(12(9)18)14(23)20-15-19-8(7-25-15)6-21-1-3-24-4-2-21/h5,7,22H,1-4,6H2,(H,19,20,23). The minimum atomic E-state index is -0.626. The van der Waals surface area contributed by atoms with E-state index in [1.54, 1.807) is 0 Å². The van der Waals surface area contributed by atoms with Gasteiger partial charge in [-0.05, 0) is 6.07 Å². The van der Waals surface area contributed by atoms with Crippen molar-refractivity contribution in [3.8, 4) is 5.75 Å². The summed E-state index contributed by atoms with van der Waals surface area (Å²) in [4.78, 5) is 19.0. The monoisotopic (exact) mass is 421 g/mol. The number of carbonyl (C=O) groups is 1. The molecule has 0 aliphatic carbocycles. The maximum atomic E-state index is 12.4. The highest BCUT2D eigenvalue weighted by Gasteiger charge is 2.22. The molecule has 0 atom stereocenters. The zero-order valence-corrected chi connectivity index (χ0v) is 16.0. The summed E-state index contributed by atoms with van der Waals surface area (Å²) in [6.45, 7) is 3.81. The lowest BCUT2D eigenvalue weighted by Gasteiger charge is -2.25. The third-order valence-corrected chi connectivity index (χ3v) is 5.52. The molecule has 2 heterocycles. The van der Waals surface area contributed by atoms with E-state index in [9.17, 15) is 9.90 Å². The van der Waals surface area contributed by atoms with Crippen molar-refractivity contribution in [3.05, 3.63) is 37.8 Å². The molecule has 1 saturated heterocycles. The van der Waals surface area contributed by atoms with Gasteiger partial charge in [-0.1, -0.05) is 34.8 Å². The van der Waals surface area contributed by atoms with E-state index < -0.39 is 11.7 Å². The maximum Gasteiger partial charge on any atom is 0.262 e. The molecule has 0 bridgehead atoms. The van der Waals surface area contributed by atoms with E-state index in [2.05, 4.69) is 15.2 Å². The van der Waals surface area contributed by atoms with Crippen molar-refractivity contribution >= 4 is 57.2 Å². The molecule has 3 rings (SSSR count). The third kappa shape index (κ3) is 4.36. The van der Waals surface area contributed by atoms with Crippen molar-refractivity contribution in [2.45, 2.75) is 6.54 Å². The highest BCUT2D eigenvalue weighted by molar-refractivity contribution is 7.14. The number of rotatable bonds is 4. The molecular weight excluding hydrogens is 409 g/mol. The number of ether oxygens (including phenoxy) is 1.